The van der Waals surface area contributed by atoms with Gasteiger partial charge in [-0.2, -0.15) is 13.2 Å². The number of carbonyl (C=O) groups excluding carboxylic acids is 1. The van der Waals surface area contributed by atoms with Crippen molar-refractivity contribution in [3.63, 3.8) is 0 Å². The van der Waals surface area contributed by atoms with Crippen molar-refractivity contribution in [2.75, 3.05) is 23.3 Å². The number of hydrogen-bond acceptors (Lipinski definition) is 7. The summed E-state index contributed by atoms with van der Waals surface area (Å²) in [5.74, 6) is -0.119. The third-order valence-electron chi connectivity index (χ3n) is 5.03. The average molecular weight is 480 g/mol. The Morgan fingerprint density at radius 1 is 1.19 bits per heavy atom. The molecule has 1 aliphatic rings. The van der Waals surface area contributed by atoms with E-state index in [1.165, 1.54) is 40.3 Å². The Morgan fingerprint density at radius 3 is 2.78 bits per heavy atom. The van der Waals surface area contributed by atoms with Crippen LogP contribution in [0.3, 0.4) is 0 Å². The molecule has 6 nitrogen and oxygen atoms in total. The van der Waals surface area contributed by atoms with E-state index < -0.39 is 17.7 Å². The van der Waals surface area contributed by atoms with Crippen LogP contribution >= 0.6 is 23.1 Å². The SMILES string of the molecule is O=C(Nc1nnc(SCc2ccccc2)s1)C1CCCN(c2ncccc2C(F)(F)F)C1. The summed E-state index contributed by atoms with van der Waals surface area (Å²) in [4.78, 5) is 18.3. The molecule has 2 aromatic heterocycles. The summed E-state index contributed by atoms with van der Waals surface area (Å²) in [5, 5.41) is 11.3. The van der Waals surface area contributed by atoms with Gasteiger partial charge in [0.05, 0.1) is 11.5 Å². The number of benzene rings is 1. The topological polar surface area (TPSA) is 71.0 Å². The summed E-state index contributed by atoms with van der Waals surface area (Å²) in [6.07, 6.45) is -1.98. The lowest BCUT2D eigenvalue weighted by molar-refractivity contribution is -0.137. The molecule has 1 N–H and O–H groups in total. The first kappa shape index (κ1) is 22.5. The minimum absolute atomic E-state index is 0.131. The molecule has 1 aliphatic heterocycles. The molecule has 0 spiro atoms. The van der Waals surface area contributed by atoms with E-state index in [-0.39, 0.29) is 18.3 Å². The highest BCUT2D eigenvalue weighted by molar-refractivity contribution is 8.00. The third kappa shape index (κ3) is 5.57. The fraction of sp³-hybridized carbons (Fsp3) is 0.333. The van der Waals surface area contributed by atoms with E-state index in [0.29, 0.717) is 24.5 Å². The molecule has 3 heterocycles. The highest BCUT2D eigenvalue weighted by Crippen LogP contribution is 2.36. The maximum Gasteiger partial charge on any atom is 0.419 e. The van der Waals surface area contributed by atoms with Crippen LogP contribution in [-0.2, 0) is 16.7 Å². The van der Waals surface area contributed by atoms with E-state index in [1.54, 1.807) is 0 Å². The van der Waals surface area contributed by atoms with Crippen LogP contribution in [0.4, 0.5) is 24.1 Å². The first-order chi connectivity index (χ1) is 15.4. The fourth-order valence-electron chi connectivity index (χ4n) is 3.50. The molecule has 1 saturated heterocycles. The van der Waals surface area contributed by atoms with Gasteiger partial charge >= 0.3 is 6.18 Å². The Balaban J connectivity index is 1.37. The van der Waals surface area contributed by atoms with Crippen molar-refractivity contribution in [3.8, 4) is 0 Å². The second kappa shape index (κ2) is 9.86. The second-order valence-electron chi connectivity index (χ2n) is 7.29. The van der Waals surface area contributed by atoms with Crippen LogP contribution in [0.15, 0.2) is 53.0 Å². The average Bonchev–Trinajstić information content (AvgIpc) is 3.25. The number of anilines is 2. The van der Waals surface area contributed by atoms with Crippen molar-refractivity contribution in [3.05, 3.63) is 59.8 Å². The molecule has 1 fully saturated rings. The van der Waals surface area contributed by atoms with Crippen molar-refractivity contribution in [1.29, 1.82) is 0 Å². The van der Waals surface area contributed by atoms with Crippen LogP contribution in [0, 0.1) is 5.92 Å². The van der Waals surface area contributed by atoms with Crippen molar-refractivity contribution in [1.82, 2.24) is 15.2 Å². The number of halogens is 3. The van der Waals surface area contributed by atoms with Crippen LogP contribution in [0.1, 0.15) is 24.0 Å². The summed E-state index contributed by atoms with van der Waals surface area (Å²) in [5.41, 5.74) is 0.374. The maximum absolute atomic E-state index is 13.4. The number of alkyl halides is 3. The Bertz CT molecular complexity index is 1060. The molecule has 0 radical (unpaired) electrons. The standard InChI is InChI=1S/C21H20F3N5OS2/c22-21(23,24)16-9-4-10-25-17(16)29-11-5-8-15(12-29)18(30)26-19-27-28-20(32-19)31-13-14-6-2-1-3-7-14/h1-4,6-7,9-10,15H,5,8,11-13H2,(H,26,27,30). The zero-order chi connectivity index (χ0) is 22.6. The van der Waals surface area contributed by atoms with Crippen molar-refractivity contribution in [2.24, 2.45) is 5.92 Å². The number of pyridine rings is 1. The number of nitrogens with zero attached hydrogens (tertiary/aromatic N) is 4. The monoisotopic (exact) mass is 479 g/mol. The van der Waals surface area contributed by atoms with Gasteiger partial charge in [0.2, 0.25) is 11.0 Å². The lowest BCUT2D eigenvalue weighted by atomic mass is 9.97. The highest BCUT2D eigenvalue weighted by atomic mass is 32.2. The van der Waals surface area contributed by atoms with Crippen LogP contribution in [0.2, 0.25) is 0 Å². The molecule has 0 bridgehead atoms. The molecule has 32 heavy (non-hydrogen) atoms. The smallest absolute Gasteiger partial charge is 0.355 e. The van der Waals surface area contributed by atoms with Crippen molar-refractivity contribution < 1.29 is 18.0 Å². The van der Waals surface area contributed by atoms with Gasteiger partial charge in [-0.3, -0.25) is 4.79 Å². The number of rotatable bonds is 6. The summed E-state index contributed by atoms with van der Waals surface area (Å²) < 4.78 is 40.8. The van der Waals surface area contributed by atoms with E-state index in [4.69, 9.17) is 0 Å². The summed E-state index contributed by atoms with van der Waals surface area (Å²) in [6.45, 7) is 0.587. The molecule has 1 amide bonds. The van der Waals surface area contributed by atoms with E-state index in [9.17, 15) is 18.0 Å². The molecule has 1 unspecified atom stereocenters. The van der Waals surface area contributed by atoms with Crippen molar-refractivity contribution in [2.45, 2.75) is 29.1 Å². The molecule has 3 aromatic rings. The Hall–Kier alpha value is -2.66. The van der Waals surface area contributed by atoms with Gasteiger partial charge in [0, 0.05) is 25.0 Å². The number of aromatic nitrogens is 3. The summed E-state index contributed by atoms with van der Waals surface area (Å²) in [6, 6.07) is 12.2. The highest BCUT2D eigenvalue weighted by Gasteiger charge is 2.37. The molecule has 0 aliphatic carbocycles. The van der Waals surface area contributed by atoms with E-state index in [0.717, 1.165) is 21.7 Å². The maximum atomic E-state index is 13.4. The Kier molecular flexibility index (Phi) is 6.95. The van der Waals surface area contributed by atoms with E-state index in [2.05, 4.69) is 20.5 Å². The van der Waals surface area contributed by atoms with Crippen molar-refractivity contribution >= 4 is 40.0 Å². The van der Waals surface area contributed by atoms with E-state index >= 15 is 0 Å². The van der Waals surface area contributed by atoms with Gasteiger partial charge in [-0.15, -0.1) is 10.2 Å². The number of carbonyl (C=O) groups is 1. The lowest BCUT2D eigenvalue weighted by Gasteiger charge is -2.34. The summed E-state index contributed by atoms with van der Waals surface area (Å²) in [7, 11) is 0. The van der Waals surface area contributed by atoms with Gasteiger partial charge in [-0.05, 0) is 30.5 Å². The summed E-state index contributed by atoms with van der Waals surface area (Å²) >= 11 is 2.81. The van der Waals surface area contributed by atoms with Gasteiger partial charge in [0.1, 0.15) is 5.82 Å². The van der Waals surface area contributed by atoms with Crippen LogP contribution in [0.25, 0.3) is 0 Å². The largest absolute Gasteiger partial charge is 0.419 e. The van der Waals surface area contributed by atoms with Crippen LogP contribution in [-0.4, -0.2) is 34.2 Å². The molecule has 11 heteroatoms. The van der Waals surface area contributed by atoms with Gasteiger partial charge in [-0.25, -0.2) is 4.98 Å². The number of thioether (sulfide) groups is 1. The fourth-order valence-corrected chi connectivity index (χ4v) is 5.21. The molecule has 1 aromatic carbocycles. The minimum atomic E-state index is -4.50. The van der Waals surface area contributed by atoms with Crippen LogP contribution < -0.4 is 10.2 Å². The molecule has 168 valence electrons. The quantitative estimate of drug-likeness (QED) is 0.392. The Morgan fingerprint density at radius 2 is 2.00 bits per heavy atom. The Labute approximate surface area is 191 Å². The predicted octanol–water partition coefficient (Wildman–Crippen LogP) is 5.10. The van der Waals surface area contributed by atoms with Gasteiger partial charge < -0.3 is 10.2 Å². The number of amides is 1. The zero-order valence-electron chi connectivity index (χ0n) is 16.9. The van der Waals surface area contributed by atoms with Crippen LogP contribution in [0.5, 0.6) is 0 Å². The number of piperidine rings is 1. The number of hydrogen-bond donors (Lipinski definition) is 1. The molecular weight excluding hydrogens is 459 g/mol. The second-order valence-corrected chi connectivity index (χ2v) is 9.49. The molecule has 0 saturated carbocycles. The van der Waals surface area contributed by atoms with Gasteiger partial charge in [0.25, 0.3) is 0 Å². The molecule has 1 atom stereocenters. The number of nitrogens with one attached hydrogen (secondary N) is 1. The zero-order valence-corrected chi connectivity index (χ0v) is 18.5. The van der Waals surface area contributed by atoms with Gasteiger partial charge in [0.15, 0.2) is 4.34 Å². The molecular formula is C21H20F3N5OS2. The van der Waals surface area contributed by atoms with Gasteiger partial charge in [-0.1, -0.05) is 53.4 Å². The third-order valence-corrected chi connectivity index (χ3v) is 7.07. The van der Waals surface area contributed by atoms with E-state index in [1.807, 2.05) is 30.3 Å². The first-order valence-corrected chi connectivity index (χ1v) is 11.8. The minimum Gasteiger partial charge on any atom is -0.355 e. The predicted molar refractivity (Wildman–Crippen MR) is 119 cm³/mol. The first-order valence-electron chi connectivity index (χ1n) is 9.98. The normalized spacial score (nSPS) is 16.7. The lowest BCUT2D eigenvalue weighted by Crippen LogP contribution is -2.42. The molecule has 4 rings (SSSR count).